The zero-order valence-corrected chi connectivity index (χ0v) is 6.49. The number of hydrogen-bond acceptors (Lipinski definition) is 2. The molecule has 2 nitrogen and oxygen atoms in total. The summed E-state index contributed by atoms with van der Waals surface area (Å²) in [4.78, 5) is 11.6. The molecule has 0 unspecified atom stereocenters. The molecular formula is C9H13NO. The van der Waals surface area contributed by atoms with Gasteiger partial charge < -0.3 is 5.73 Å². The molecule has 0 heterocycles. The highest BCUT2D eigenvalue weighted by molar-refractivity contribution is 5.89. The van der Waals surface area contributed by atoms with Gasteiger partial charge in [-0.2, -0.15) is 0 Å². The number of carbonyl (C=O) groups is 1. The molecule has 60 valence electrons. The maximum atomic E-state index is 11.6. The van der Waals surface area contributed by atoms with E-state index < -0.39 is 0 Å². The minimum absolute atomic E-state index is 0.217. The van der Waals surface area contributed by atoms with Crippen molar-refractivity contribution >= 4 is 5.78 Å². The van der Waals surface area contributed by atoms with Gasteiger partial charge in [-0.05, 0) is 31.1 Å². The lowest BCUT2D eigenvalue weighted by molar-refractivity contribution is -0.127. The van der Waals surface area contributed by atoms with E-state index in [2.05, 4.69) is 0 Å². The number of nitrogens with two attached hydrogens (primary N) is 1. The van der Waals surface area contributed by atoms with Crippen molar-refractivity contribution in [1.82, 2.24) is 0 Å². The van der Waals surface area contributed by atoms with E-state index in [9.17, 15) is 4.79 Å². The fourth-order valence-electron chi connectivity index (χ4n) is 3.68. The molecule has 4 bridgehead atoms. The molecule has 0 aliphatic heterocycles. The first-order valence-corrected chi connectivity index (χ1v) is 4.58. The average molecular weight is 151 g/mol. The van der Waals surface area contributed by atoms with Crippen molar-refractivity contribution in [3.05, 3.63) is 0 Å². The van der Waals surface area contributed by atoms with Gasteiger partial charge in [0.2, 0.25) is 0 Å². The molecule has 0 aromatic rings. The summed E-state index contributed by atoms with van der Waals surface area (Å²) in [7, 11) is 0. The molecule has 11 heavy (non-hydrogen) atoms. The Balaban J connectivity index is 2.05. The highest BCUT2D eigenvalue weighted by atomic mass is 16.1. The van der Waals surface area contributed by atoms with Crippen LogP contribution in [0.2, 0.25) is 0 Å². The first kappa shape index (κ1) is 6.18. The predicted molar refractivity (Wildman–Crippen MR) is 40.8 cm³/mol. The summed E-state index contributed by atoms with van der Waals surface area (Å²) in [6.07, 6.45) is 3.57. The molecule has 3 rings (SSSR count). The molecule has 3 fully saturated rings. The smallest absolute Gasteiger partial charge is 0.141 e. The van der Waals surface area contributed by atoms with Crippen molar-refractivity contribution in [2.24, 2.45) is 29.4 Å². The van der Waals surface area contributed by atoms with Gasteiger partial charge >= 0.3 is 0 Å². The molecule has 0 spiro atoms. The summed E-state index contributed by atoms with van der Waals surface area (Å²) < 4.78 is 0. The normalized spacial score (nSPS) is 59.4. The first-order chi connectivity index (χ1) is 5.29. The van der Waals surface area contributed by atoms with E-state index >= 15 is 0 Å². The van der Waals surface area contributed by atoms with Crippen LogP contribution in [0.1, 0.15) is 19.3 Å². The van der Waals surface area contributed by atoms with Crippen molar-refractivity contribution in [3.8, 4) is 0 Å². The van der Waals surface area contributed by atoms with Crippen LogP contribution in [0.4, 0.5) is 0 Å². The lowest BCUT2D eigenvalue weighted by atomic mass is 9.82. The average Bonchev–Trinajstić information content (AvgIpc) is 2.50. The third-order valence-corrected chi connectivity index (χ3v) is 4.04. The van der Waals surface area contributed by atoms with Crippen molar-refractivity contribution in [2.45, 2.75) is 25.3 Å². The molecule has 0 aromatic carbocycles. The van der Waals surface area contributed by atoms with E-state index in [0.717, 1.165) is 12.8 Å². The second kappa shape index (κ2) is 1.69. The minimum Gasteiger partial charge on any atom is -0.327 e. The van der Waals surface area contributed by atoms with Crippen LogP contribution >= 0.6 is 0 Å². The van der Waals surface area contributed by atoms with Gasteiger partial charge in [0.15, 0.2) is 0 Å². The first-order valence-electron chi connectivity index (χ1n) is 4.58. The number of rotatable bonds is 0. The zero-order chi connectivity index (χ0) is 7.59. The van der Waals surface area contributed by atoms with Crippen molar-refractivity contribution < 1.29 is 4.79 Å². The molecule has 0 radical (unpaired) electrons. The molecule has 0 aromatic heterocycles. The standard InChI is InChI=1S/C9H13NO/c10-7-3-6-4-1-2-5(6)9(11)8(4)7/h4-8H,1-3,10H2/t4-,5+,6+,7-,8-/m1/s1. The molecule has 3 aliphatic rings. The maximum Gasteiger partial charge on any atom is 0.141 e. The number of Topliss-reactive ketones (excluding diaryl/α,β-unsaturated/α-hetero) is 1. The Kier molecular flexibility index (Phi) is 0.947. The molecule has 3 aliphatic carbocycles. The van der Waals surface area contributed by atoms with Gasteiger partial charge in [0.05, 0.1) is 0 Å². The van der Waals surface area contributed by atoms with Crippen LogP contribution < -0.4 is 5.73 Å². The Hall–Kier alpha value is -0.370. The Morgan fingerprint density at radius 3 is 2.64 bits per heavy atom. The summed E-state index contributed by atoms with van der Waals surface area (Å²) in [5, 5.41) is 0. The predicted octanol–water partition coefficient (Wildman–Crippen LogP) is 0.559. The Morgan fingerprint density at radius 1 is 1.27 bits per heavy atom. The molecule has 3 saturated carbocycles. The van der Waals surface area contributed by atoms with Gasteiger partial charge in [-0.1, -0.05) is 0 Å². The summed E-state index contributed by atoms with van der Waals surface area (Å²) >= 11 is 0. The van der Waals surface area contributed by atoms with E-state index in [0.29, 0.717) is 23.5 Å². The van der Waals surface area contributed by atoms with E-state index in [1.54, 1.807) is 0 Å². The fourth-order valence-corrected chi connectivity index (χ4v) is 3.68. The topological polar surface area (TPSA) is 43.1 Å². The molecular weight excluding hydrogens is 138 g/mol. The van der Waals surface area contributed by atoms with Gasteiger partial charge in [-0.15, -0.1) is 0 Å². The quantitative estimate of drug-likeness (QED) is 0.549. The van der Waals surface area contributed by atoms with Gasteiger partial charge in [0, 0.05) is 17.9 Å². The van der Waals surface area contributed by atoms with Crippen LogP contribution in [-0.2, 0) is 4.79 Å². The molecule has 0 saturated heterocycles. The van der Waals surface area contributed by atoms with Crippen LogP contribution in [0.5, 0.6) is 0 Å². The number of carbonyl (C=O) groups excluding carboxylic acids is 1. The Bertz CT molecular complexity index is 226. The van der Waals surface area contributed by atoms with Gasteiger partial charge in [-0.3, -0.25) is 4.79 Å². The van der Waals surface area contributed by atoms with Gasteiger partial charge in [0.1, 0.15) is 5.78 Å². The second-order valence-electron chi connectivity index (χ2n) is 4.34. The molecule has 2 heteroatoms. The maximum absolute atomic E-state index is 11.6. The van der Waals surface area contributed by atoms with E-state index in [1.165, 1.54) is 6.42 Å². The monoisotopic (exact) mass is 151 g/mol. The van der Waals surface area contributed by atoms with Crippen molar-refractivity contribution in [2.75, 3.05) is 0 Å². The second-order valence-corrected chi connectivity index (χ2v) is 4.34. The van der Waals surface area contributed by atoms with Crippen LogP contribution in [0.3, 0.4) is 0 Å². The summed E-state index contributed by atoms with van der Waals surface area (Å²) in [5.41, 5.74) is 5.88. The van der Waals surface area contributed by atoms with E-state index in [-0.39, 0.29) is 12.0 Å². The largest absolute Gasteiger partial charge is 0.327 e. The molecule has 5 atom stereocenters. The highest BCUT2D eigenvalue weighted by Crippen LogP contribution is 2.58. The lowest BCUT2D eigenvalue weighted by Gasteiger charge is -2.24. The summed E-state index contributed by atoms with van der Waals surface area (Å²) in [6, 6.07) is 0.217. The SMILES string of the molecule is N[C@@H]1C[C@H]2[C@H]3CC[C@@H]2C(=O)[C@H]31. The van der Waals surface area contributed by atoms with Crippen molar-refractivity contribution in [1.29, 1.82) is 0 Å². The zero-order valence-electron chi connectivity index (χ0n) is 6.49. The number of hydrogen-bond donors (Lipinski definition) is 1. The lowest BCUT2D eigenvalue weighted by Crippen LogP contribution is -2.38. The highest BCUT2D eigenvalue weighted by Gasteiger charge is 2.60. The Labute approximate surface area is 66.1 Å². The van der Waals surface area contributed by atoms with Gasteiger partial charge in [0.25, 0.3) is 0 Å². The summed E-state index contributed by atoms with van der Waals surface area (Å²) in [5.74, 6) is 2.61. The number of ketones is 1. The minimum atomic E-state index is 0.217. The molecule has 2 N–H and O–H groups in total. The van der Waals surface area contributed by atoms with E-state index in [1.807, 2.05) is 0 Å². The van der Waals surface area contributed by atoms with Crippen molar-refractivity contribution in [3.63, 3.8) is 0 Å². The Morgan fingerprint density at radius 2 is 2.09 bits per heavy atom. The van der Waals surface area contributed by atoms with Crippen LogP contribution in [0.15, 0.2) is 0 Å². The summed E-state index contributed by atoms with van der Waals surface area (Å²) in [6.45, 7) is 0. The van der Waals surface area contributed by atoms with Crippen LogP contribution in [-0.4, -0.2) is 11.8 Å². The van der Waals surface area contributed by atoms with Gasteiger partial charge in [-0.25, -0.2) is 0 Å². The fraction of sp³-hybridized carbons (Fsp3) is 0.889. The molecule has 0 amide bonds. The van der Waals surface area contributed by atoms with E-state index in [4.69, 9.17) is 5.73 Å². The third-order valence-electron chi connectivity index (χ3n) is 4.04. The third kappa shape index (κ3) is 0.527. The van der Waals surface area contributed by atoms with Crippen LogP contribution in [0.25, 0.3) is 0 Å². The van der Waals surface area contributed by atoms with Crippen LogP contribution in [0, 0.1) is 23.7 Å².